The second-order valence-electron chi connectivity index (χ2n) is 14.4. The van der Waals surface area contributed by atoms with E-state index < -0.39 is 8.80 Å². The van der Waals surface area contributed by atoms with E-state index in [0.29, 0.717) is 63.9 Å². The van der Waals surface area contributed by atoms with Gasteiger partial charge >= 0.3 is 8.80 Å². The highest BCUT2D eigenvalue weighted by molar-refractivity contribution is 6.60. The second kappa shape index (κ2) is 16.2. The van der Waals surface area contributed by atoms with Crippen LogP contribution in [0.1, 0.15) is 101 Å². The van der Waals surface area contributed by atoms with E-state index >= 15 is 0 Å². The van der Waals surface area contributed by atoms with E-state index in [2.05, 4.69) is 63.5 Å². The number of amides is 1. The maximum atomic E-state index is 13.3. The van der Waals surface area contributed by atoms with E-state index in [0.717, 1.165) is 80.8 Å². The Balaban J connectivity index is 1.31. The average Bonchev–Trinajstić information content (AvgIpc) is 3.88. The normalized spacial score (nSPS) is 22.4. The predicted octanol–water partition coefficient (Wildman–Crippen LogP) is 8.40. The molecule has 1 amide bonds. The van der Waals surface area contributed by atoms with E-state index in [1.54, 1.807) is 0 Å². The van der Waals surface area contributed by atoms with Crippen molar-refractivity contribution in [2.24, 2.45) is 26.8 Å². The van der Waals surface area contributed by atoms with Crippen LogP contribution in [0.3, 0.4) is 0 Å². The van der Waals surface area contributed by atoms with Crippen molar-refractivity contribution in [2.75, 3.05) is 26.4 Å². The molecule has 6 aliphatic rings. The van der Waals surface area contributed by atoms with Gasteiger partial charge in [0, 0.05) is 79.6 Å². The van der Waals surface area contributed by atoms with Gasteiger partial charge in [0.25, 0.3) is 0 Å². The first kappa shape index (κ1) is 38.8. The van der Waals surface area contributed by atoms with Gasteiger partial charge in [0.15, 0.2) is 0 Å². The fourth-order valence-electron chi connectivity index (χ4n) is 8.51. The van der Waals surface area contributed by atoms with Crippen LogP contribution in [0.5, 0.6) is 0 Å². The van der Waals surface area contributed by atoms with E-state index in [-0.39, 0.29) is 17.7 Å². The molecular weight excluding hydrogens is 683 g/mol. The van der Waals surface area contributed by atoms with Crippen molar-refractivity contribution >= 4 is 31.8 Å². The maximum absolute atomic E-state index is 13.3. The first-order valence-corrected chi connectivity index (χ1v) is 21.6. The van der Waals surface area contributed by atoms with Crippen LogP contribution in [0, 0.1) is 11.8 Å². The van der Waals surface area contributed by atoms with E-state index in [1.807, 2.05) is 27.7 Å². The van der Waals surface area contributed by atoms with E-state index in [4.69, 9.17) is 28.3 Å². The van der Waals surface area contributed by atoms with Gasteiger partial charge in [-0.15, -0.1) is 0 Å². The lowest BCUT2D eigenvalue weighted by atomic mass is 9.86. The third-order valence-corrected chi connectivity index (χ3v) is 14.4. The summed E-state index contributed by atoms with van der Waals surface area (Å²) in [6.45, 7) is 20.9. The molecule has 6 rings (SSSR count). The lowest BCUT2D eigenvalue weighted by molar-refractivity contribution is -0.121. The van der Waals surface area contributed by atoms with Gasteiger partial charge < -0.3 is 29.0 Å². The monoisotopic (exact) mass is 739 g/mol. The second-order valence-corrected chi connectivity index (χ2v) is 17.2. The number of aliphatic imine (C=N–C) groups is 3. The molecule has 53 heavy (non-hydrogen) atoms. The van der Waals surface area contributed by atoms with Crippen molar-refractivity contribution in [2.45, 2.75) is 107 Å². The molecule has 0 aromatic carbocycles. The molecule has 0 aromatic heterocycles. The Morgan fingerprint density at radius 1 is 0.887 bits per heavy atom. The molecule has 0 spiro atoms. The third kappa shape index (κ3) is 7.45. The molecule has 0 saturated carbocycles. The fraction of sp³-hybridized carbons (Fsp3) is 0.524. The highest BCUT2D eigenvalue weighted by Crippen LogP contribution is 2.46. The average molecular weight is 740 g/mol. The summed E-state index contributed by atoms with van der Waals surface area (Å²) in [6, 6.07) is 0.654. The van der Waals surface area contributed by atoms with Crippen LogP contribution >= 0.6 is 0 Å². The first-order valence-electron chi connectivity index (χ1n) is 19.6. The zero-order valence-corrected chi connectivity index (χ0v) is 34.1. The Morgan fingerprint density at radius 3 is 2.09 bits per heavy atom. The maximum Gasteiger partial charge on any atom is 0.500 e. The summed E-state index contributed by atoms with van der Waals surface area (Å²) in [7, 11) is -2.76. The molecule has 3 N–H and O–H groups in total. The van der Waals surface area contributed by atoms with Crippen molar-refractivity contribution in [1.29, 1.82) is 0 Å². The van der Waals surface area contributed by atoms with Crippen molar-refractivity contribution < 1.29 is 23.2 Å². The topological polar surface area (TPSA) is 126 Å². The Labute approximate surface area is 316 Å². The van der Waals surface area contributed by atoms with Gasteiger partial charge in [0.05, 0.1) is 34.2 Å². The number of nitrogens with zero attached hydrogens (tertiary/aromatic N) is 3. The molecule has 11 heteroatoms. The molecule has 0 unspecified atom stereocenters. The van der Waals surface area contributed by atoms with Crippen molar-refractivity contribution in [3.8, 4) is 0 Å². The molecule has 0 aromatic rings. The van der Waals surface area contributed by atoms with Gasteiger partial charge in [-0.05, 0) is 113 Å². The molecule has 10 nitrogen and oxygen atoms in total. The Kier molecular flexibility index (Phi) is 11.9. The molecule has 1 fully saturated rings. The molecule has 1 aliphatic carbocycles. The van der Waals surface area contributed by atoms with Gasteiger partial charge in [-0.1, -0.05) is 20.8 Å². The van der Waals surface area contributed by atoms with Gasteiger partial charge in [0.2, 0.25) is 5.91 Å². The van der Waals surface area contributed by atoms with Crippen molar-refractivity contribution in [3.05, 3.63) is 91.5 Å². The molecule has 284 valence electrons. The summed E-state index contributed by atoms with van der Waals surface area (Å²) in [5, 5.41) is 18.4. The lowest BCUT2D eigenvalue weighted by Crippen LogP contribution is -2.46. The summed E-state index contributed by atoms with van der Waals surface area (Å²) in [6.07, 6.45) is 10.3. The number of rotatable bonds is 15. The highest BCUT2D eigenvalue weighted by atomic mass is 28.4. The molecular formula is C42H57N5O5Si. The lowest BCUT2D eigenvalue weighted by Gasteiger charge is -2.28. The Bertz CT molecular complexity index is 1900. The number of aliphatic hydroxyl groups is 1. The van der Waals surface area contributed by atoms with Crippen LogP contribution in [0.4, 0.5) is 0 Å². The van der Waals surface area contributed by atoms with Crippen LogP contribution in [-0.4, -0.2) is 63.3 Å². The molecule has 0 radical (unpaired) electrons. The van der Waals surface area contributed by atoms with Crippen molar-refractivity contribution in [1.82, 2.24) is 10.6 Å². The molecule has 8 bridgehead atoms. The van der Waals surface area contributed by atoms with Crippen LogP contribution in [0.2, 0.25) is 6.04 Å². The van der Waals surface area contributed by atoms with Gasteiger partial charge in [-0.2, -0.15) is 0 Å². The number of carbonyl (C=O) groups is 1. The fourth-order valence-corrected chi connectivity index (χ4v) is 11.1. The number of fused-ring (bicyclic) bond motifs is 5. The van der Waals surface area contributed by atoms with Crippen molar-refractivity contribution in [3.63, 3.8) is 0 Å². The van der Waals surface area contributed by atoms with Gasteiger partial charge in [-0.3, -0.25) is 4.79 Å². The smallest absolute Gasteiger partial charge is 0.500 e. The molecule has 2 atom stereocenters. The van der Waals surface area contributed by atoms with Crippen LogP contribution in [0.15, 0.2) is 106 Å². The van der Waals surface area contributed by atoms with Crippen LogP contribution in [-0.2, 0) is 18.1 Å². The molecule has 5 aliphatic heterocycles. The van der Waals surface area contributed by atoms with Gasteiger partial charge in [0.1, 0.15) is 5.76 Å². The minimum Gasteiger partial charge on any atom is -0.511 e. The standard InChI is InChI=1S/C42H57N5O5Si/c1-10-28-24(6)32-21-34-26(8)30(16-17-39(49)43-18-15-19-53(50-12-3,51-13-4)52-14-5)41(46-34)31-20-38(48)40-27(9)35(47-42(31)40)23-37-29(11-2)25(7)33(45-37)22-36(28)44-32/h21-23,26,30,46,48H,10-20H2,1-9H3,(H,43,49)/t26-,30-/m0/s1. The van der Waals surface area contributed by atoms with Crippen LogP contribution in [0.25, 0.3) is 0 Å². The number of allylic oxidation sites excluding steroid dienone is 12. The number of hydrogen-bond donors (Lipinski definition) is 3. The summed E-state index contributed by atoms with van der Waals surface area (Å²) >= 11 is 0. The zero-order valence-electron chi connectivity index (χ0n) is 33.1. The number of hydrogen-bond acceptors (Lipinski definition) is 9. The quantitative estimate of drug-likeness (QED) is 0.114. The van der Waals surface area contributed by atoms with Gasteiger partial charge in [-0.25, -0.2) is 15.0 Å². The summed E-state index contributed by atoms with van der Waals surface area (Å²) in [5.41, 5.74) is 15.0. The largest absolute Gasteiger partial charge is 0.511 e. The van der Waals surface area contributed by atoms with E-state index in [1.165, 1.54) is 16.7 Å². The minimum atomic E-state index is -2.76. The zero-order chi connectivity index (χ0) is 38.0. The SMILES string of the molecule is CCO[Si](CCCNC(=O)CC[C@@H]1C2=C3CC(O)=C4C3=NC(=C4C)C=C3N=C(C=C4N=C(C=C(N2)[C@H]1C)C(C)=C4CC)C(C)=C3CC)(OCC)OCC. The Hall–Kier alpha value is -3.90. The summed E-state index contributed by atoms with van der Waals surface area (Å²) in [5.74, 6) is 0.463. The predicted molar refractivity (Wildman–Crippen MR) is 215 cm³/mol. The molecule has 1 saturated heterocycles. The first-order chi connectivity index (χ1) is 25.5. The highest BCUT2D eigenvalue weighted by Gasteiger charge is 2.42. The number of carbonyl (C=O) groups excluding carboxylic acids is 1. The number of aliphatic hydroxyl groups excluding tert-OH is 1. The van der Waals surface area contributed by atoms with E-state index in [9.17, 15) is 9.90 Å². The molecule has 5 heterocycles. The Morgan fingerprint density at radius 2 is 1.49 bits per heavy atom. The summed E-state index contributed by atoms with van der Waals surface area (Å²) < 4.78 is 18.0. The van der Waals surface area contributed by atoms with Crippen LogP contribution < -0.4 is 10.6 Å². The third-order valence-electron chi connectivity index (χ3n) is 11.3. The summed E-state index contributed by atoms with van der Waals surface area (Å²) in [4.78, 5) is 28.8. The minimum absolute atomic E-state index is 0.0132. The number of nitrogens with one attached hydrogen (secondary N) is 2.